The fourth-order valence-corrected chi connectivity index (χ4v) is 2.34. The van der Waals surface area contributed by atoms with E-state index in [1.165, 1.54) is 0 Å². The number of phenolic OH excluding ortho intramolecular Hbond substituents is 1. The zero-order valence-electron chi connectivity index (χ0n) is 9.16. The summed E-state index contributed by atoms with van der Waals surface area (Å²) in [5, 5.41) is 11.0. The maximum Gasteiger partial charge on any atom is 0.118 e. The molecule has 0 unspecified atom stereocenters. The number of aromatic hydroxyl groups is 1. The Bertz CT molecular complexity index is 503. The van der Waals surface area contributed by atoms with Gasteiger partial charge in [0, 0.05) is 10.0 Å². The van der Waals surface area contributed by atoms with Gasteiger partial charge in [0.1, 0.15) is 5.75 Å². The molecule has 3 heteroatoms. The van der Waals surface area contributed by atoms with Gasteiger partial charge in [0.2, 0.25) is 0 Å². The second-order valence-corrected chi connectivity index (χ2v) is 4.64. The molecule has 2 rings (SSSR count). The van der Waals surface area contributed by atoms with Gasteiger partial charge in [-0.05, 0) is 42.2 Å². The highest BCUT2D eigenvalue weighted by Crippen LogP contribution is 2.27. The van der Waals surface area contributed by atoms with Crippen molar-refractivity contribution in [2.75, 3.05) is 0 Å². The van der Waals surface area contributed by atoms with Crippen LogP contribution in [0.15, 0.2) is 42.5 Å². The lowest BCUT2D eigenvalue weighted by atomic mass is 10.0. The Morgan fingerprint density at radius 2 is 1.47 bits per heavy atom. The van der Waals surface area contributed by atoms with E-state index in [4.69, 9.17) is 23.2 Å². The van der Waals surface area contributed by atoms with Crippen molar-refractivity contribution in [2.24, 2.45) is 0 Å². The van der Waals surface area contributed by atoms with E-state index >= 15 is 0 Å². The molecule has 0 spiro atoms. The standard InChI is InChI=1S/C14H12Cl2O/c15-12-5-3-6-13(16)11(12)9-8-10-4-1-2-7-14(10)17/h1-7,17H,8-9H2. The molecule has 0 aliphatic heterocycles. The van der Waals surface area contributed by atoms with Gasteiger partial charge < -0.3 is 5.11 Å². The number of halogens is 2. The van der Waals surface area contributed by atoms with Gasteiger partial charge in [-0.1, -0.05) is 47.5 Å². The van der Waals surface area contributed by atoms with Crippen LogP contribution in [-0.4, -0.2) is 5.11 Å². The molecule has 0 aliphatic carbocycles. The summed E-state index contributed by atoms with van der Waals surface area (Å²) >= 11 is 12.2. The van der Waals surface area contributed by atoms with Crippen LogP contribution in [0.2, 0.25) is 10.0 Å². The summed E-state index contributed by atoms with van der Waals surface area (Å²) in [6.45, 7) is 0. The molecule has 0 radical (unpaired) electrons. The molecule has 0 saturated carbocycles. The largest absolute Gasteiger partial charge is 0.508 e. The topological polar surface area (TPSA) is 20.2 Å². The van der Waals surface area contributed by atoms with Gasteiger partial charge in [0.15, 0.2) is 0 Å². The first-order chi connectivity index (χ1) is 8.18. The first kappa shape index (κ1) is 12.3. The molecule has 1 N–H and O–H groups in total. The Morgan fingerprint density at radius 1 is 0.824 bits per heavy atom. The summed E-state index contributed by atoms with van der Waals surface area (Å²) in [4.78, 5) is 0. The molecule has 0 saturated heterocycles. The first-order valence-electron chi connectivity index (χ1n) is 5.38. The molecule has 0 atom stereocenters. The van der Waals surface area contributed by atoms with Gasteiger partial charge in [-0.2, -0.15) is 0 Å². The number of aryl methyl sites for hydroxylation is 1. The van der Waals surface area contributed by atoms with E-state index in [9.17, 15) is 5.11 Å². The summed E-state index contributed by atoms with van der Waals surface area (Å²) in [6.07, 6.45) is 1.44. The maximum absolute atomic E-state index is 9.66. The van der Waals surface area contributed by atoms with E-state index in [1.807, 2.05) is 30.3 Å². The summed E-state index contributed by atoms with van der Waals surface area (Å²) in [5.74, 6) is 0.315. The molecule has 2 aromatic rings. The van der Waals surface area contributed by atoms with E-state index in [1.54, 1.807) is 12.1 Å². The van der Waals surface area contributed by atoms with E-state index in [2.05, 4.69) is 0 Å². The Hall–Kier alpha value is -1.18. The highest BCUT2D eigenvalue weighted by atomic mass is 35.5. The van der Waals surface area contributed by atoms with Crippen LogP contribution >= 0.6 is 23.2 Å². The number of benzene rings is 2. The van der Waals surface area contributed by atoms with E-state index < -0.39 is 0 Å². The van der Waals surface area contributed by atoms with Crippen molar-refractivity contribution >= 4 is 23.2 Å². The molecule has 17 heavy (non-hydrogen) atoms. The van der Waals surface area contributed by atoms with Gasteiger partial charge in [0.25, 0.3) is 0 Å². The highest BCUT2D eigenvalue weighted by Gasteiger charge is 2.07. The van der Waals surface area contributed by atoms with Crippen LogP contribution in [0.5, 0.6) is 5.75 Å². The molecule has 0 amide bonds. The third-order valence-corrected chi connectivity index (χ3v) is 3.41. The summed E-state index contributed by atoms with van der Waals surface area (Å²) < 4.78 is 0. The van der Waals surface area contributed by atoms with Gasteiger partial charge in [-0.3, -0.25) is 0 Å². The quantitative estimate of drug-likeness (QED) is 0.869. The predicted molar refractivity (Wildman–Crippen MR) is 72.0 cm³/mol. The number of phenols is 1. The van der Waals surface area contributed by atoms with Crippen LogP contribution < -0.4 is 0 Å². The molecule has 1 nitrogen and oxygen atoms in total. The third-order valence-electron chi connectivity index (χ3n) is 2.70. The smallest absolute Gasteiger partial charge is 0.118 e. The number of para-hydroxylation sites is 1. The van der Waals surface area contributed by atoms with Crippen LogP contribution in [0.4, 0.5) is 0 Å². The zero-order chi connectivity index (χ0) is 12.3. The van der Waals surface area contributed by atoms with Crippen LogP contribution in [0.1, 0.15) is 11.1 Å². The fraction of sp³-hybridized carbons (Fsp3) is 0.143. The second kappa shape index (κ2) is 5.44. The Morgan fingerprint density at radius 3 is 2.12 bits per heavy atom. The normalized spacial score (nSPS) is 10.5. The van der Waals surface area contributed by atoms with Crippen molar-refractivity contribution in [3.63, 3.8) is 0 Å². The number of hydrogen-bond acceptors (Lipinski definition) is 1. The van der Waals surface area contributed by atoms with Gasteiger partial charge in [0.05, 0.1) is 0 Å². The van der Waals surface area contributed by atoms with Crippen molar-refractivity contribution in [3.8, 4) is 5.75 Å². The number of hydrogen-bond donors (Lipinski definition) is 1. The monoisotopic (exact) mass is 266 g/mol. The average molecular weight is 267 g/mol. The van der Waals surface area contributed by atoms with Crippen molar-refractivity contribution in [3.05, 3.63) is 63.6 Å². The van der Waals surface area contributed by atoms with Crippen molar-refractivity contribution in [1.82, 2.24) is 0 Å². The Labute approximate surface area is 111 Å². The molecule has 0 fully saturated rings. The first-order valence-corrected chi connectivity index (χ1v) is 6.14. The highest BCUT2D eigenvalue weighted by molar-refractivity contribution is 6.35. The lowest BCUT2D eigenvalue weighted by Gasteiger charge is -2.07. The predicted octanol–water partition coefficient (Wildman–Crippen LogP) is 4.48. The SMILES string of the molecule is Oc1ccccc1CCc1c(Cl)cccc1Cl. The third kappa shape index (κ3) is 2.93. The van der Waals surface area contributed by atoms with Gasteiger partial charge >= 0.3 is 0 Å². The number of rotatable bonds is 3. The Balaban J connectivity index is 2.16. The van der Waals surface area contributed by atoms with E-state index in [-0.39, 0.29) is 0 Å². The van der Waals surface area contributed by atoms with Crippen LogP contribution in [0, 0.1) is 0 Å². The fourth-order valence-electron chi connectivity index (χ4n) is 1.75. The lowest BCUT2D eigenvalue weighted by Crippen LogP contribution is -1.93. The molecule has 0 heterocycles. The maximum atomic E-state index is 9.66. The molecule has 88 valence electrons. The summed E-state index contributed by atoms with van der Waals surface area (Å²) in [5.41, 5.74) is 1.84. The minimum absolute atomic E-state index is 0.315. The van der Waals surface area contributed by atoms with Crippen molar-refractivity contribution in [2.45, 2.75) is 12.8 Å². The molecular formula is C14H12Cl2O. The molecule has 0 aromatic heterocycles. The van der Waals surface area contributed by atoms with Gasteiger partial charge in [-0.15, -0.1) is 0 Å². The summed E-state index contributed by atoms with van der Waals surface area (Å²) in [7, 11) is 0. The minimum Gasteiger partial charge on any atom is -0.508 e. The lowest BCUT2D eigenvalue weighted by molar-refractivity contribution is 0.468. The van der Waals surface area contributed by atoms with E-state index in [0.717, 1.165) is 24.0 Å². The van der Waals surface area contributed by atoms with Gasteiger partial charge in [-0.25, -0.2) is 0 Å². The minimum atomic E-state index is 0.315. The zero-order valence-corrected chi connectivity index (χ0v) is 10.7. The van der Waals surface area contributed by atoms with Crippen LogP contribution in [0.25, 0.3) is 0 Å². The average Bonchev–Trinajstić information content (AvgIpc) is 2.30. The van der Waals surface area contributed by atoms with Crippen LogP contribution in [-0.2, 0) is 12.8 Å². The molecule has 0 bridgehead atoms. The summed E-state index contributed by atoms with van der Waals surface area (Å²) in [6, 6.07) is 12.8. The second-order valence-electron chi connectivity index (χ2n) is 3.83. The Kier molecular flexibility index (Phi) is 3.93. The molecule has 0 aliphatic rings. The van der Waals surface area contributed by atoms with Crippen LogP contribution in [0.3, 0.4) is 0 Å². The van der Waals surface area contributed by atoms with E-state index in [0.29, 0.717) is 15.8 Å². The van der Waals surface area contributed by atoms with Crippen molar-refractivity contribution < 1.29 is 5.11 Å². The molecule has 2 aromatic carbocycles. The van der Waals surface area contributed by atoms with Crippen molar-refractivity contribution in [1.29, 1.82) is 0 Å². The molecular weight excluding hydrogens is 255 g/mol.